The molecule has 1 amide bonds. The van der Waals surface area contributed by atoms with E-state index in [0.717, 1.165) is 23.5 Å². The van der Waals surface area contributed by atoms with E-state index in [4.69, 9.17) is 4.42 Å². The Labute approximate surface area is 123 Å². The lowest BCUT2D eigenvalue weighted by molar-refractivity contribution is 0.0952. The third kappa shape index (κ3) is 3.12. The highest BCUT2D eigenvalue weighted by molar-refractivity contribution is 7.14. The highest BCUT2D eigenvalue weighted by Crippen LogP contribution is 2.28. The minimum absolute atomic E-state index is 0.0122. The first-order chi connectivity index (χ1) is 9.83. The number of carbonyl (C=O) groups is 1. The van der Waals surface area contributed by atoms with Crippen molar-refractivity contribution >= 4 is 17.2 Å². The molecule has 2 aromatic heterocycles. The van der Waals surface area contributed by atoms with Gasteiger partial charge in [-0.15, -0.1) is 11.3 Å². The molecule has 20 heavy (non-hydrogen) atoms. The quantitative estimate of drug-likeness (QED) is 0.930. The van der Waals surface area contributed by atoms with Crippen LogP contribution in [0.3, 0.4) is 0 Å². The summed E-state index contributed by atoms with van der Waals surface area (Å²) >= 11 is 1.66. The van der Waals surface area contributed by atoms with Gasteiger partial charge in [-0.25, -0.2) is 0 Å². The molecule has 0 aliphatic heterocycles. The molecule has 1 aliphatic carbocycles. The van der Waals surface area contributed by atoms with Gasteiger partial charge in [-0.3, -0.25) is 4.79 Å². The SMILES string of the molecule is O=C(NCc1ccco1)c1cc2c(s1)CCCCCC2. The van der Waals surface area contributed by atoms with Crippen LogP contribution in [-0.4, -0.2) is 5.91 Å². The van der Waals surface area contributed by atoms with E-state index in [1.807, 2.05) is 12.1 Å². The van der Waals surface area contributed by atoms with Crippen LogP contribution < -0.4 is 5.32 Å². The van der Waals surface area contributed by atoms with Gasteiger partial charge < -0.3 is 9.73 Å². The maximum atomic E-state index is 12.2. The van der Waals surface area contributed by atoms with E-state index in [0.29, 0.717) is 6.54 Å². The Morgan fingerprint density at radius 2 is 2.10 bits per heavy atom. The Balaban J connectivity index is 1.67. The molecule has 0 saturated carbocycles. The summed E-state index contributed by atoms with van der Waals surface area (Å²) < 4.78 is 5.22. The van der Waals surface area contributed by atoms with Crippen LogP contribution in [0.2, 0.25) is 0 Å². The van der Waals surface area contributed by atoms with Gasteiger partial charge in [0, 0.05) is 4.88 Å². The van der Waals surface area contributed by atoms with E-state index in [2.05, 4.69) is 11.4 Å². The molecule has 106 valence electrons. The number of amides is 1. The number of hydrogen-bond donors (Lipinski definition) is 1. The van der Waals surface area contributed by atoms with Crippen molar-refractivity contribution in [2.24, 2.45) is 0 Å². The van der Waals surface area contributed by atoms with Crippen molar-refractivity contribution in [3.63, 3.8) is 0 Å². The number of carbonyl (C=O) groups excluding carboxylic acids is 1. The summed E-state index contributed by atoms with van der Waals surface area (Å²) in [6, 6.07) is 5.79. The largest absolute Gasteiger partial charge is 0.467 e. The molecule has 0 saturated heterocycles. The number of furan rings is 1. The van der Waals surface area contributed by atoms with Crippen LogP contribution in [0, 0.1) is 0 Å². The fraction of sp³-hybridized carbons (Fsp3) is 0.438. The van der Waals surface area contributed by atoms with Crippen LogP contribution in [-0.2, 0) is 19.4 Å². The average Bonchev–Trinajstić information content (AvgIpc) is 3.06. The van der Waals surface area contributed by atoms with Crippen molar-refractivity contribution < 1.29 is 9.21 Å². The van der Waals surface area contributed by atoms with E-state index in [1.165, 1.54) is 36.1 Å². The maximum Gasteiger partial charge on any atom is 0.261 e. The van der Waals surface area contributed by atoms with E-state index in [-0.39, 0.29) is 5.91 Å². The number of hydrogen-bond acceptors (Lipinski definition) is 3. The highest BCUT2D eigenvalue weighted by atomic mass is 32.1. The van der Waals surface area contributed by atoms with E-state index in [9.17, 15) is 4.79 Å². The van der Waals surface area contributed by atoms with Gasteiger partial charge in [0.05, 0.1) is 17.7 Å². The summed E-state index contributed by atoms with van der Waals surface area (Å²) in [7, 11) is 0. The van der Waals surface area contributed by atoms with Crippen LogP contribution in [0.1, 0.15) is 51.6 Å². The van der Waals surface area contributed by atoms with E-state index >= 15 is 0 Å². The molecule has 3 rings (SSSR count). The topological polar surface area (TPSA) is 42.2 Å². The second kappa shape index (κ2) is 6.27. The van der Waals surface area contributed by atoms with Crippen LogP contribution >= 0.6 is 11.3 Å². The lowest BCUT2D eigenvalue weighted by Gasteiger charge is -2.07. The number of nitrogens with one attached hydrogen (secondary N) is 1. The lowest BCUT2D eigenvalue weighted by Crippen LogP contribution is -2.21. The first kappa shape index (κ1) is 13.4. The molecule has 1 N–H and O–H groups in total. The zero-order valence-electron chi connectivity index (χ0n) is 11.5. The van der Waals surface area contributed by atoms with Gasteiger partial charge in [-0.1, -0.05) is 12.8 Å². The normalized spacial score (nSPS) is 15.2. The second-order valence-electron chi connectivity index (χ2n) is 5.24. The van der Waals surface area contributed by atoms with Crippen LogP contribution in [0.25, 0.3) is 0 Å². The third-order valence-corrected chi connectivity index (χ3v) is 4.96. The Morgan fingerprint density at radius 1 is 1.25 bits per heavy atom. The molecular formula is C16H19NO2S. The maximum absolute atomic E-state index is 12.2. The summed E-state index contributed by atoms with van der Waals surface area (Å²) in [5, 5.41) is 2.92. The first-order valence-electron chi connectivity index (χ1n) is 7.25. The molecule has 0 bridgehead atoms. The molecule has 0 radical (unpaired) electrons. The predicted molar refractivity (Wildman–Crippen MR) is 80.1 cm³/mol. The summed E-state index contributed by atoms with van der Waals surface area (Å²) in [6.07, 6.45) is 9.01. The molecule has 0 spiro atoms. The second-order valence-corrected chi connectivity index (χ2v) is 6.37. The van der Waals surface area contributed by atoms with Gasteiger partial charge in [0.1, 0.15) is 5.76 Å². The Morgan fingerprint density at radius 3 is 2.90 bits per heavy atom. The van der Waals surface area contributed by atoms with Gasteiger partial charge in [0.15, 0.2) is 0 Å². The number of fused-ring (bicyclic) bond motifs is 1. The Hall–Kier alpha value is -1.55. The summed E-state index contributed by atoms with van der Waals surface area (Å²) in [5.74, 6) is 0.798. The van der Waals surface area contributed by atoms with Gasteiger partial charge in [-0.2, -0.15) is 0 Å². The van der Waals surface area contributed by atoms with Gasteiger partial charge in [-0.05, 0) is 49.4 Å². The summed E-state index contributed by atoms with van der Waals surface area (Å²) in [5.41, 5.74) is 1.39. The Bertz CT molecular complexity index is 546. The summed E-state index contributed by atoms with van der Waals surface area (Å²) in [4.78, 5) is 14.4. The lowest BCUT2D eigenvalue weighted by atomic mass is 10.00. The monoisotopic (exact) mass is 289 g/mol. The minimum atomic E-state index is 0.0122. The molecule has 0 unspecified atom stereocenters. The van der Waals surface area contributed by atoms with E-state index < -0.39 is 0 Å². The first-order valence-corrected chi connectivity index (χ1v) is 8.07. The fourth-order valence-corrected chi connectivity index (χ4v) is 3.79. The van der Waals surface area contributed by atoms with Crippen LogP contribution in [0.4, 0.5) is 0 Å². The van der Waals surface area contributed by atoms with Crippen molar-refractivity contribution in [2.75, 3.05) is 0 Å². The third-order valence-electron chi connectivity index (χ3n) is 3.72. The molecule has 0 atom stereocenters. The zero-order chi connectivity index (χ0) is 13.8. The fourth-order valence-electron chi connectivity index (χ4n) is 2.62. The van der Waals surface area contributed by atoms with Crippen molar-refractivity contribution in [3.8, 4) is 0 Å². The summed E-state index contributed by atoms with van der Waals surface area (Å²) in [6.45, 7) is 0.453. The van der Waals surface area contributed by atoms with Gasteiger partial charge in [0.25, 0.3) is 5.91 Å². The smallest absolute Gasteiger partial charge is 0.261 e. The molecule has 2 aromatic rings. The zero-order valence-corrected chi connectivity index (χ0v) is 12.3. The molecule has 0 fully saturated rings. The van der Waals surface area contributed by atoms with Crippen molar-refractivity contribution in [1.82, 2.24) is 5.32 Å². The Kier molecular flexibility index (Phi) is 4.21. The van der Waals surface area contributed by atoms with Crippen molar-refractivity contribution in [2.45, 2.75) is 45.1 Å². The van der Waals surface area contributed by atoms with Gasteiger partial charge in [0.2, 0.25) is 0 Å². The van der Waals surface area contributed by atoms with E-state index in [1.54, 1.807) is 17.6 Å². The number of thiophene rings is 1. The van der Waals surface area contributed by atoms with Gasteiger partial charge >= 0.3 is 0 Å². The molecule has 1 aliphatic rings. The molecule has 4 heteroatoms. The highest BCUT2D eigenvalue weighted by Gasteiger charge is 2.15. The molecule has 2 heterocycles. The van der Waals surface area contributed by atoms with Crippen LogP contribution in [0.15, 0.2) is 28.9 Å². The molecule has 0 aromatic carbocycles. The predicted octanol–water partition coefficient (Wildman–Crippen LogP) is 3.93. The molecule has 3 nitrogen and oxygen atoms in total. The van der Waals surface area contributed by atoms with Crippen LogP contribution in [0.5, 0.6) is 0 Å². The average molecular weight is 289 g/mol. The minimum Gasteiger partial charge on any atom is -0.467 e. The number of rotatable bonds is 3. The standard InChI is InChI=1S/C16H19NO2S/c18-16(17-11-13-7-5-9-19-13)15-10-12-6-3-1-2-4-8-14(12)20-15/h5,7,9-10H,1-4,6,8,11H2,(H,17,18). The van der Waals surface area contributed by atoms with Crippen molar-refractivity contribution in [1.29, 1.82) is 0 Å². The molecular weight excluding hydrogens is 270 g/mol. The van der Waals surface area contributed by atoms with Crippen molar-refractivity contribution in [3.05, 3.63) is 45.5 Å². The number of aryl methyl sites for hydroxylation is 2.